The number of hydrogen-bond donors (Lipinski definition) is 0. The maximum Gasteiger partial charge on any atom is 0.272 e. The lowest BCUT2D eigenvalue weighted by Gasteiger charge is -2.03. The van der Waals surface area contributed by atoms with Gasteiger partial charge in [-0.25, -0.2) is 4.98 Å². The van der Waals surface area contributed by atoms with Crippen molar-refractivity contribution >= 4 is 5.78 Å². The first-order valence-electron chi connectivity index (χ1n) is 7.13. The van der Waals surface area contributed by atoms with Crippen LogP contribution in [0, 0.1) is 0 Å². The predicted molar refractivity (Wildman–Crippen MR) is 86.0 cm³/mol. The van der Waals surface area contributed by atoms with Gasteiger partial charge < -0.3 is 4.74 Å². The van der Waals surface area contributed by atoms with Crippen molar-refractivity contribution in [3.8, 4) is 28.4 Å². The monoisotopic (exact) mass is 303 g/mol. The Bertz CT molecular complexity index is 948. The van der Waals surface area contributed by atoms with E-state index in [9.17, 15) is 0 Å². The molecule has 2 heterocycles. The van der Waals surface area contributed by atoms with Gasteiger partial charge >= 0.3 is 0 Å². The highest BCUT2D eigenvalue weighted by Gasteiger charge is 2.11. The quantitative estimate of drug-likeness (QED) is 0.582. The normalized spacial score (nSPS) is 10.8. The third kappa shape index (κ3) is 2.40. The van der Waals surface area contributed by atoms with E-state index in [4.69, 9.17) is 4.74 Å². The fourth-order valence-corrected chi connectivity index (χ4v) is 2.36. The maximum absolute atomic E-state index is 5.17. The fraction of sp³-hybridized carbons (Fsp3) is 0.0588. The lowest BCUT2D eigenvalue weighted by Crippen LogP contribution is -1.98. The van der Waals surface area contributed by atoms with Crippen molar-refractivity contribution in [1.29, 1.82) is 0 Å². The Morgan fingerprint density at radius 2 is 1.65 bits per heavy atom. The van der Waals surface area contributed by atoms with Crippen molar-refractivity contribution in [3.05, 3.63) is 60.8 Å². The van der Waals surface area contributed by atoms with E-state index < -0.39 is 0 Å². The van der Waals surface area contributed by atoms with E-state index in [2.05, 4.69) is 20.3 Å². The van der Waals surface area contributed by atoms with E-state index in [0.29, 0.717) is 11.6 Å². The Labute approximate surface area is 132 Å². The Morgan fingerprint density at radius 1 is 0.870 bits per heavy atom. The molecule has 4 rings (SSSR count). The minimum absolute atomic E-state index is 0.470. The molecule has 23 heavy (non-hydrogen) atoms. The lowest BCUT2D eigenvalue weighted by atomic mass is 10.2. The van der Waals surface area contributed by atoms with Crippen molar-refractivity contribution in [2.75, 3.05) is 7.11 Å². The molecule has 2 aromatic carbocycles. The van der Waals surface area contributed by atoms with E-state index in [1.807, 2.05) is 54.6 Å². The lowest BCUT2D eigenvalue weighted by molar-refractivity contribution is 0.415. The molecule has 0 saturated heterocycles. The van der Waals surface area contributed by atoms with Crippen molar-refractivity contribution in [2.45, 2.75) is 0 Å². The van der Waals surface area contributed by atoms with Gasteiger partial charge in [-0.05, 0) is 24.3 Å². The van der Waals surface area contributed by atoms with E-state index in [1.165, 1.54) is 0 Å². The van der Waals surface area contributed by atoms with Gasteiger partial charge in [0.05, 0.1) is 19.0 Å². The Kier molecular flexibility index (Phi) is 3.20. The van der Waals surface area contributed by atoms with Crippen LogP contribution in [0.2, 0.25) is 0 Å². The molecule has 0 amide bonds. The number of ether oxygens (including phenoxy) is 1. The summed E-state index contributed by atoms with van der Waals surface area (Å²) in [6, 6.07) is 17.5. The molecule has 0 unspecified atom stereocenters. The average Bonchev–Trinajstić information content (AvgIpc) is 3.05. The molecule has 2 aromatic heterocycles. The van der Waals surface area contributed by atoms with Gasteiger partial charge in [0.15, 0.2) is 5.82 Å². The first-order valence-corrected chi connectivity index (χ1v) is 7.13. The van der Waals surface area contributed by atoms with Crippen LogP contribution in [-0.2, 0) is 0 Å². The number of hydrogen-bond acceptors (Lipinski definition) is 5. The second kappa shape index (κ2) is 5.49. The highest BCUT2D eigenvalue weighted by molar-refractivity contribution is 5.62. The van der Waals surface area contributed by atoms with Gasteiger partial charge in [0.1, 0.15) is 5.75 Å². The first kappa shape index (κ1) is 13.4. The molecule has 0 fully saturated rings. The van der Waals surface area contributed by atoms with Gasteiger partial charge in [0.25, 0.3) is 5.78 Å². The van der Waals surface area contributed by atoms with Crippen LogP contribution in [0.15, 0.2) is 60.8 Å². The molecule has 0 saturated carbocycles. The Hall–Kier alpha value is -3.28. The fourth-order valence-electron chi connectivity index (χ4n) is 2.36. The zero-order valence-corrected chi connectivity index (χ0v) is 12.4. The van der Waals surface area contributed by atoms with E-state index >= 15 is 0 Å². The zero-order chi connectivity index (χ0) is 15.6. The highest BCUT2D eigenvalue weighted by atomic mass is 16.5. The van der Waals surface area contributed by atoms with Crippen molar-refractivity contribution in [3.63, 3.8) is 0 Å². The van der Waals surface area contributed by atoms with Crippen molar-refractivity contribution < 1.29 is 4.74 Å². The van der Waals surface area contributed by atoms with Crippen LogP contribution in [0.4, 0.5) is 0 Å². The van der Waals surface area contributed by atoms with E-state index in [0.717, 1.165) is 22.6 Å². The maximum atomic E-state index is 5.17. The summed E-state index contributed by atoms with van der Waals surface area (Å²) in [6.07, 6.45) is 1.72. The van der Waals surface area contributed by atoms with Gasteiger partial charge in [-0.2, -0.15) is 9.61 Å². The third-order valence-corrected chi connectivity index (χ3v) is 3.56. The van der Waals surface area contributed by atoms with E-state index in [-0.39, 0.29) is 0 Å². The average molecular weight is 303 g/mol. The molecule has 0 aliphatic carbocycles. The number of nitrogens with zero attached hydrogens (tertiary/aromatic N) is 5. The van der Waals surface area contributed by atoms with Gasteiger partial charge in [-0.3, -0.25) is 0 Å². The molecule has 4 aromatic rings. The predicted octanol–water partition coefficient (Wildman–Crippen LogP) is 2.86. The number of benzene rings is 2. The van der Waals surface area contributed by atoms with Gasteiger partial charge in [0, 0.05) is 11.1 Å². The topological polar surface area (TPSA) is 65.2 Å². The number of fused-ring (bicyclic) bond motifs is 1. The minimum Gasteiger partial charge on any atom is -0.497 e. The van der Waals surface area contributed by atoms with Crippen LogP contribution in [0.25, 0.3) is 28.4 Å². The Balaban J connectivity index is 1.78. The van der Waals surface area contributed by atoms with Crippen molar-refractivity contribution in [1.82, 2.24) is 24.8 Å². The van der Waals surface area contributed by atoms with Crippen molar-refractivity contribution in [2.24, 2.45) is 0 Å². The Morgan fingerprint density at radius 3 is 2.39 bits per heavy atom. The molecule has 0 aliphatic heterocycles. The van der Waals surface area contributed by atoms with Crippen LogP contribution in [-0.4, -0.2) is 31.9 Å². The van der Waals surface area contributed by atoms with Crippen LogP contribution in [0.5, 0.6) is 5.75 Å². The number of rotatable bonds is 3. The van der Waals surface area contributed by atoms with Crippen LogP contribution >= 0.6 is 0 Å². The molecule has 0 bridgehead atoms. The molecule has 0 aliphatic rings. The second-order valence-corrected chi connectivity index (χ2v) is 4.97. The molecule has 0 spiro atoms. The first-order chi connectivity index (χ1) is 11.3. The smallest absolute Gasteiger partial charge is 0.272 e. The van der Waals surface area contributed by atoms with E-state index in [1.54, 1.807) is 17.8 Å². The van der Waals surface area contributed by atoms with Crippen LogP contribution in [0.1, 0.15) is 0 Å². The van der Waals surface area contributed by atoms with Crippen LogP contribution < -0.4 is 4.74 Å². The SMILES string of the molecule is COc1ccc(-c2nnc3nc(-c4ccccc4)cnn23)cc1. The third-order valence-electron chi connectivity index (χ3n) is 3.56. The molecule has 6 nitrogen and oxygen atoms in total. The van der Waals surface area contributed by atoms with Crippen LogP contribution in [0.3, 0.4) is 0 Å². The summed E-state index contributed by atoms with van der Waals surface area (Å²) < 4.78 is 6.80. The molecular weight excluding hydrogens is 290 g/mol. The van der Waals surface area contributed by atoms with Gasteiger partial charge in [0.2, 0.25) is 0 Å². The minimum atomic E-state index is 0.470. The largest absolute Gasteiger partial charge is 0.497 e. The molecule has 112 valence electrons. The second-order valence-electron chi connectivity index (χ2n) is 4.97. The summed E-state index contributed by atoms with van der Waals surface area (Å²) in [5.74, 6) is 1.91. The highest BCUT2D eigenvalue weighted by Crippen LogP contribution is 2.21. The van der Waals surface area contributed by atoms with Gasteiger partial charge in [-0.1, -0.05) is 30.3 Å². The summed E-state index contributed by atoms with van der Waals surface area (Å²) in [6.45, 7) is 0. The zero-order valence-electron chi connectivity index (χ0n) is 12.4. The summed E-state index contributed by atoms with van der Waals surface area (Å²) in [4.78, 5) is 4.53. The number of aromatic nitrogens is 5. The standard InChI is InChI=1S/C17H13N5O/c1-23-14-9-7-13(8-10-14)16-20-21-17-19-15(11-18-22(16)17)12-5-3-2-4-6-12/h2-11H,1H3. The summed E-state index contributed by atoms with van der Waals surface area (Å²) in [5, 5.41) is 12.8. The van der Waals surface area contributed by atoms with Gasteiger partial charge in [-0.15, -0.1) is 10.2 Å². The number of methoxy groups -OCH3 is 1. The molecule has 0 radical (unpaired) electrons. The summed E-state index contributed by atoms with van der Waals surface area (Å²) in [5.41, 5.74) is 2.67. The molecular formula is C17H13N5O. The summed E-state index contributed by atoms with van der Waals surface area (Å²) in [7, 11) is 1.64. The molecule has 6 heteroatoms. The molecule has 0 N–H and O–H groups in total. The molecule has 0 atom stereocenters. The summed E-state index contributed by atoms with van der Waals surface area (Å²) >= 11 is 0.